The van der Waals surface area contributed by atoms with Gasteiger partial charge in [0.05, 0.1) is 4.92 Å². The van der Waals surface area contributed by atoms with Gasteiger partial charge in [-0.1, -0.05) is 11.6 Å². The summed E-state index contributed by atoms with van der Waals surface area (Å²) < 4.78 is 24.6. The van der Waals surface area contributed by atoms with Gasteiger partial charge in [-0.05, 0) is 30.2 Å². The van der Waals surface area contributed by atoms with Crippen LogP contribution in [-0.4, -0.2) is 16.8 Å². The zero-order valence-corrected chi connectivity index (χ0v) is 10.6. The van der Waals surface area contributed by atoms with Gasteiger partial charge in [0.25, 0.3) is 5.69 Å². The Hall–Kier alpha value is -1.14. The number of alkyl halides is 3. The lowest BCUT2D eigenvalue weighted by molar-refractivity contribution is -0.383. The van der Waals surface area contributed by atoms with Crippen molar-refractivity contribution in [1.29, 1.82) is 0 Å². The van der Waals surface area contributed by atoms with E-state index in [0.717, 1.165) is 0 Å². The number of nitrogens with zero attached hydrogens (tertiary/aromatic N) is 1. The van der Waals surface area contributed by atoms with E-state index >= 15 is 0 Å². The number of nitro groups is 1. The maximum Gasteiger partial charge on any atom is 0.321 e. The number of rotatable bonds is 6. The van der Waals surface area contributed by atoms with Crippen LogP contribution in [-0.2, 0) is 0 Å². The van der Waals surface area contributed by atoms with Crippen molar-refractivity contribution in [3.8, 4) is 0 Å². The van der Waals surface area contributed by atoms with E-state index in [1.807, 2.05) is 0 Å². The standard InChI is InChI=1S/C10H10Cl2F2N2O2/c11-7-2-3-8(9(6-7)16(17)18)15-5-1-4-10(12,13)14/h2-3,6,15H,1,4-5H2. The van der Waals surface area contributed by atoms with Gasteiger partial charge in [0.2, 0.25) is 0 Å². The molecule has 0 saturated carbocycles. The number of anilines is 1. The molecule has 0 saturated heterocycles. The lowest BCUT2D eigenvalue weighted by atomic mass is 10.2. The number of hydrogen-bond donors (Lipinski definition) is 1. The molecule has 1 aromatic rings. The van der Waals surface area contributed by atoms with Crippen LogP contribution in [0.3, 0.4) is 0 Å². The Balaban J connectivity index is 2.59. The first-order valence-corrected chi connectivity index (χ1v) is 5.80. The summed E-state index contributed by atoms with van der Waals surface area (Å²) in [5.74, 6) is 0. The molecule has 0 bridgehead atoms. The van der Waals surface area contributed by atoms with Gasteiger partial charge in [0.15, 0.2) is 0 Å². The molecule has 0 amide bonds. The zero-order chi connectivity index (χ0) is 13.8. The summed E-state index contributed by atoms with van der Waals surface area (Å²) in [7, 11) is 0. The Labute approximate surface area is 112 Å². The second-order valence-corrected chi connectivity index (χ2v) is 4.55. The highest BCUT2D eigenvalue weighted by atomic mass is 35.5. The lowest BCUT2D eigenvalue weighted by Gasteiger charge is -2.09. The van der Waals surface area contributed by atoms with Crippen molar-refractivity contribution in [3.05, 3.63) is 33.3 Å². The molecule has 0 heterocycles. The van der Waals surface area contributed by atoms with Gasteiger partial charge in [-0.3, -0.25) is 10.1 Å². The smallest absolute Gasteiger partial charge is 0.321 e. The van der Waals surface area contributed by atoms with E-state index in [-0.39, 0.29) is 29.4 Å². The number of nitro benzene ring substituents is 1. The van der Waals surface area contributed by atoms with Crippen LogP contribution in [0.5, 0.6) is 0 Å². The zero-order valence-electron chi connectivity index (χ0n) is 9.13. The normalized spacial score (nSPS) is 11.3. The van der Waals surface area contributed by atoms with E-state index in [1.54, 1.807) is 0 Å². The Morgan fingerprint density at radius 1 is 1.44 bits per heavy atom. The molecule has 1 N–H and O–H groups in total. The van der Waals surface area contributed by atoms with Crippen molar-refractivity contribution >= 4 is 34.6 Å². The number of nitrogens with one attached hydrogen (secondary N) is 1. The molecule has 0 unspecified atom stereocenters. The van der Waals surface area contributed by atoms with Gasteiger partial charge in [0.1, 0.15) is 5.69 Å². The molecule has 8 heteroatoms. The van der Waals surface area contributed by atoms with Crippen molar-refractivity contribution in [2.75, 3.05) is 11.9 Å². The summed E-state index contributed by atoms with van der Waals surface area (Å²) in [5, 5.41) is 10.4. The fraction of sp³-hybridized carbons (Fsp3) is 0.400. The first kappa shape index (κ1) is 14.9. The summed E-state index contributed by atoms with van der Waals surface area (Å²) in [6, 6.07) is 4.10. The minimum atomic E-state index is -3.24. The monoisotopic (exact) mass is 298 g/mol. The topological polar surface area (TPSA) is 55.2 Å². The van der Waals surface area contributed by atoms with E-state index in [1.165, 1.54) is 18.2 Å². The number of benzene rings is 1. The minimum Gasteiger partial charge on any atom is -0.379 e. The van der Waals surface area contributed by atoms with E-state index < -0.39 is 16.7 Å². The molecule has 0 spiro atoms. The van der Waals surface area contributed by atoms with Gasteiger partial charge in [-0.25, -0.2) is 0 Å². The first-order valence-electron chi connectivity index (χ1n) is 5.04. The second kappa shape index (κ2) is 6.15. The third kappa shape index (κ3) is 5.01. The van der Waals surface area contributed by atoms with Crippen LogP contribution >= 0.6 is 23.2 Å². The Morgan fingerprint density at radius 2 is 2.11 bits per heavy atom. The molecule has 100 valence electrons. The van der Waals surface area contributed by atoms with Crippen molar-refractivity contribution in [2.45, 2.75) is 18.2 Å². The summed E-state index contributed by atoms with van der Waals surface area (Å²) in [6.07, 6.45) is -0.404. The number of hydrogen-bond acceptors (Lipinski definition) is 3. The predicted octanol–water partition coefficient (Wildman–Crippen LogP) is 4.27. The highest BCUT2D eigenvalue weighted by molar-refractivity contribution is 6.30. The lowest BCUT2D eigenvalue weighted by Crippen LogP contribution is -2.10. The van der Waals surface area contributed by atoms with Crippen molar-refractivity contribution < 1.29 is 13.7 Å². The molecule has 1 aromatic carbocycles. The van der Waals surface area contributed by atoms with Crippen LogP contribution in [0.2, 0.25) is 5.02 Å². The van der Waals surface area contributed by atoms with E-state index in [9.17, 15) is 18.9 Å². The average Bonchev–Trinajstić information content (AvgIpc) is 2.24. The fourth-order valence-corrected chi connectivity index (χ4v) is 1.62. The highest BCUT2D eigenvalue weighted by Crippen LogP contribution is 2.28. The van der Waals surface area contributed by atoms with Gasteiger partial charge in [-0.15, -0.1) is 0 Å². The van der Waals surface area contributed by atoms with Gasteiger partial charge in [-0.2, -0.15) is 8.78 Å². The van der Waals surface area contributed by atoms with E-state index in [2.05, 4.69) is 5.32 Å². The van der Waals surface area contributed by atoms with Crippen LogP contribution < -0.4 is 5.32 Å². The summed E-state index contributed by atoms with van der Waals surface area (Å²) in [5.41, 5.74) is 0.0439. The van der Waals surface area contributed by atoms with Crippen LogP contribution in [0.1, 0.15) is 12.8 Å². The van der Waals surface area contributed by atoms with E-state index in [0.29, 0.717) is 0 Å². The third-order valence-corrected chi connectivity index (χ3v) is 2.53. The molecule has 0 atom stereocenters. The molecular weight excluding hydrogens is 289 g/mol. The Bertz CT molecular complexity index is 438. The largest absolute Gasteiger partial charge is 0.379 e. The Kier molecular flexibility index (Phi) is 5.10. The molecular formula is C10H10Cl2F2N2O2. The van der Waals surface area contributed by atoms with Crippen LogP contribution in [0.4, 0.5) is 20.2 Å². The molecule has 0 aliphatic heterocycles. The molecule has 4 nitrogen and oxygen atoms in total. The Morgan fingerprint density at radius 3 is 2.67 bits per heavy atom. The third-order valence-electron chi connectivity index (χ3n) is 2.11. The maximum absolute atomic E-state index is 12.3. The first-order chi connectivity index (χ1) is 8.29. The molecule has 1 rings (SSSR count). The van der Waals surface area contributed by atoms with Crippen LogP contribution in [0, 0.1) is 10.1 Å². The van der Waals surface area contributed by atoms with Gasteiger partial charge >= 0.3 is 5.38 Å². The average molecular weight is 299 g/mol. The van der Waals surface area contributed by atoms with Gasteiger partial charge < -0.3 is 5.32 Å². The summed E-state index contributed by atoms with van der Waals surface area (Å²) in [6.45, 7) is 0.158. The van der Waals surface area contributed by atoms with Crippen LogP contribution in [0.25, 0.3) is 0 Å². The molecule has 0 aliphatic carbocycles. The maximum atomic E-state index is 12.3. The van der Waals surface area contributed by atoms with Crippen molar-refractivity contribution in [1.82, 2.24) is 0 Å². The number of halogens is 4. The fourth-order valence-electron chi connectivity index (χ4n) is 1.32. The molecule has 0 aromatic heterocycles. The van der Waals surface area contributed by atoms with E-state index in [4.69, 9.17) is 23.2 Å². The minimum absolute atomic E-state index is 0.0935. The summed E-state index contributed by atoms with van der Waals surface area (Å²) >= 11 is 10.4. The van der Waals surface area contributed by atoms with Crippen molar-refractivity contribution in [2.24, 2.45) is 0 Å². The van der Waals surface area contributed by atoms with Crippen molar-refractivity contribution in [3.63, 3.8) is 0 Å². The molecule has 18 heavy (non-hydrogen) atoms. The molecule has 0 aliphatic rings. The molecule has 0 fully saturated rings. The summed E-state index contributed by atoms with van der Waals surface area (Å²) in [4.78, 5) is 10.1. The quantitative estimate of drug-likeness (QED) is 0.369. The van der Waals surface area contributed by atoms with Crippen LogP contribution in [0.15, 0.2) is 18.2 Å². The predicted molar refractivity (Wildman–Crippen MR) is 66.6 cm³/mol. The highest BCUT2D eigenvalue weighted by Gasteiger charge is 2.23. The SMILES string of the molecule is O=[N+]([O-])c1cc(Cl)ccc1NCCCC(F)(F)Cl. The van der Waals surface area contributed by atoms with Gasteiger partial charge in [0, 0.05) is 24.1 Å². The molecule has 0 radical (unpaired) electrons. The second-order valence-electron chi connectivity index (χ2n) is 3.56.